The molecule has 0 saturated heterocycles. The fourth-order valence-electron chi connectivity index (χ4n) is 3.64. The van der Waals surface area contributed by atoms with E-state index < -0.39 is 12.0 Å². The highest BCUT2D eigenvalue weighted by Gasteiger charge is 2.23. The van der Waals surface area contributed by atoms with Crippen molar-refractivity contribution >= 4 is 17.1 Å². The molecule has 0 fully saturated rings. The summed E-state index contributed by atoms with van der Waals surface area (Å²) in [6.07, 6.45) is 12.4. The summed E-state index contributed by atoms with van der Waals surface area (Å²) in [6, 6.07) is 3.30. The topological polar surface area (TPSA) is 80.4 Å². The van der Waals surface area contributed by atoms with Crippen LogP contribution in [0, 0.1) is 6.92 Å². The molecule has 0 aliphatic carbocycles. The Hall–Kier alpha value is -3.35. The van der Waals surface area contributed by atoms with Crippen molar-refractivity contribution in [2.75, 3.05) is 14.1 Å². The molecule has 2 rings (SSSR count). The lowest BCUT2D eigenvalue weighted by Gasteiger charge is -2.14. The maximum Gasteiger partial charge on any atom is 0.330 e. The molecular formula is C25H34N4O3. The molecule has 2 aromatic heterocycles. The Labute approximate surface area is 189 Å². The molecule has 7 nitrogen and oxygen atoms in total. The van der Waals surface area contributed by atoms with Gasteiger partial charge in [-0.25, -0.2) is 9.78 Å². The van der Waals surface area contributed by atoms with Crippen molar-refractivity contribution in [1.82, 2.24) is 19.0 Å². The van der Waals surface area contributed by atoms with Crippen molar-refractivity contribution in [3.05, 3.63) is 76.0 Å². The van der Waals surface area contributed by atoms with Gasteiger partial charge in [0.15, 0.2) is 5.65 Å². The van der Waals surface area contributed by atoms with Gasteiger partial charge in [0.1, 0.15) is 0 Å². The Bertz CT molecular complexity index is 1130. The average Bonchev–Trinajstić information content (AvgIpc) is 2.96. The summed E-state index contributed by atoms with van der Waals surface area (Å²) in [5.41, 5.74) is 3.82. The Kier molecular flexibility index (Phi) is 8.81. The fourth-order valence-corrected chi connectivity index (χ4v) is 3.64. The Morgan fingerprint density at radius 3 is 2.59 bits per heavy atom. The van der Waals surface area contributed by atoms with E-state index in [0.717, 1.165) is 16.8 Å². The molecule has 32 heavy (non-hydrogen) atoms. The summed E-state index contributed by atoms with van der Waals surface area (Å²) in [7, 11) is 3.87. The molecule has 0 saturated carbocycles. The number of carbonyl (C=O) groups is 1. The van der Waals surface area contributed by atoms with Crippen LogP contribution >= 0.6 is 0 Å². The zero-order valence-electron chi connectivity index (χ0n) is 19.9. The van der Waals surface area contributed by atoms with E-state index in [9.17, 15) is 14.7 Å². The number of aliphatic carboxylic acids is 1. The van der Waals surface area contributed by atoms with E-state index in [1.54, 1.807) is 9.13 Å². The molecule has 1 N–H and O–H groups in total. The molecule has 2 heterocycles. The molecule has 0 radical (unpaired) electrons. The van der Waals surface area contributed by atoms with Gasteiger partial charge in [0, 0.05) is 26.0 Å². The Balaban J connectivity index is 2.60. The third-order valence-corrected chi connectivity index (χ3v) is 5.06. The van der Waals surface area contributed by atoms with Crippen LogP contribution < -0.4 is 5.69 Å². The highest BCUT2D eigenvalue weighted by atomic mass is 16.4. The first-order valence-corrected chi connectivity index (χ1v) is 10.8. The molecule has 0 amide bonds. The molecule has 7 heteroatoms. The number of aryl methyl sites for hydroxylation is 1. The lowest BCUT2D eigenvalue weighted by molar-refractivity contribution is -0.137. The van der Waals surface area contributed by atoms with Gasteiger partial charge in [0.25, 0.3) is 0 Å². The summed E-state index contributed by atoms with van der Waals surface area (Å²) < 4.78 is 3.22. The standard InChI is InChI=1S/C25H34N4O3/c1-7-10-18(3)11-9-12-20(16-27(5)6)17-28-22-14-13-19(4)26-24(22)29(25(28)32)21(8-2)15-23(30)31/h7,9-14,16,21H,8,15,17H2,1-6H3,(H,30,31)/b10-7+,12-9+,18-11-,20-16+/t21-/m0/s1. The van der Waals surface area contributed by atoms with E-state index in [4.69, 9.17) is 0 Å². The highest BCUT2D eigenvalue weighted by molar-refractivity contribution is 5.73. The second-order valence-corrected chi connectivity index (χ2v) is 8.13. The number of rotatable bonds is 10. The number of pyridine rings is 1. The SMILES string of the molecule is C/C=C/C(C)=C\C=C\C(=C/N(C)C)Cn1c(=O)n([C@@H](CC)CC(=O)O)c2nc(C)ccc21. The highest BCUT2D eigenvalue weighted by Crippen LogP contribution is 2.22. The van der Waals surface area contributed by atoms with Crippen LogP contribution in [0.5, 0.6) is 0 Å². The van der Waals surface area contributed by atoms with Crippen LogP contribution in [-0.2, 0) is 11.3 Å². The van der Waals surface area contributed by atoms with Crippen LogP contribution in [0.4, 0.5) is 0 Å². The number of hydrogen-bond acceptors (Lipinski definition) is 4. The molecule has 0 bridgehead atoms. The van der Waals surface area contributed by atoms with E-state index in [-0.39, 0.29) is 12.1 Å². The van der Waals surface area contributed by atoms with Gasteiger partial charge in [-0.2, -0.15) is 0 Å². The van der Waals surface area contributed by atoms with Crippen molar-refractivity contribution in [2.24, 2.45) is 0 Å². The quantitative estimate of drug-likeness (QED) is 0.554. The second-order valence-electron chi connectivity index (χ2n) is 8.13. The molecular weight excluding hydrogens is 404 g/mol. The zero-order chi connectivity index (χ0) is 23.8. The molecule has 172 valence electrons. The van der Waals surface area contributed by atoms with Crippen molar-refractivity contribution in [3.8, 4) is 0 Å². The van der Waals surface area contributed by atoms with Gasteiger partial charge in [-0.05, 0) is 44.9 Å². The van der Waals surface area contributed by atoms with E-state index in [2.05, 4.69) is 4.98 Å². The summed E-state index contributed by atoms with van der Waals surface area (Å²) in [4.78, 5) is 31.4. The first-order valence-electron chi connectivity index (χ1n) is 10.8. The molecule has 0 aromatic carbocycles. The fraction of sp³-hybridized carbons (Fsp3) is 0.400. The number of nitrogens with zero attached hydrogens (tertiary/aromatic N) is 4. The van der Waals surface area contributed by atoms with Crippen LogP contribution in [0.2, 0.25) is 0 Å². The van der Waals surface area contributed by atoms with Crippen LogP contribution in [-0.4, -0.2) is 44.2 Å². The summed E-state index contributed by atoms with van der Waals surface area (Å²) in [5, 5.41) is 9.35. The Morgan fingerprint density at radius 1 is 1.28 bits per heavy atom. The number of fused-ring (bicyclic) bond motifs is 1. The summed E-state index contributed by atoms with van der Waals surface area (Å²) in [6.45, 7) is 8.10. The van der Waals surface area contributed by atoms with Crippen molar-refractivity contribution < 1.29 is 9.90 Å². The van der Waals surface area contributed by atoms with Crippen LogP contribution in [0.25, 0.3) is 11.2 Å². The van der Waals surface area contributed by atoms with E-state index >= 15 is 0 Å². The van der Waals surface area contributed by atoms with Gasteiger partial charge >= 0.3 is 11.7 Å². The normalized spacial score (nSPS) is 14.1. The third-order valence-electron chi connectivity index (χ3n) is 5.06. The molecule has 0 unspecified atom stereocenters. The van der Waals surface area contributed by atoms with Crippen molar-refractivity contribution in [1.29, 1.82) is 0 Å². The first-order chi connectivity index (χ1) is 15.2. The third kappa shape index (κ3) is 6.33. The lowest BCUT2D eigenvalue weighted by atomic mass is 10.1. The van der Waals surface area contributed by atoms with Gasteiger partial charge in [-0.1, -0.05) is 42.9 Å². The van der Waals surface area contributed by atoms with Gasteiger partial charge in [0.05, 0.1) is 24.5 Å². The van der Waals surface area contributed by atoms with Crippen molar-refractivity contribution in [2.45, 2.75) is 53.1 Å². The lowest BCUT2D eigenvalue weighted by Crippen LogP contribution is -2.29. The van der Waals surface area contributed by atoms with Gasteiger partial charge < -0.3 is 10.0 Å². The van der Waals surface area contributed by atoms with Crippen molar-refractivity contribution in [3.63, 3.8) is 0 Å². The van der Waals surface area contributed by atoms with Crippen LogP contribution in [0.1, 0.15) is 45.3 Å². The number of aromatic nitrogens is 3. The van der Waals surface area contributed by atoms with Gasteiger partial charge in [0.2, 0.25) is 0 Å². The van der Waals surface area contributed by atoms with Crippen LogP contribution in [0.3, 0.4) is 0 Å². The molecule has 1 atom stereocenters. The van der Waals surface area contributed by atoms with Gasteiger partial charge in [-0.3, -0.25) is 13.9 Å². The second kappa shape index (κ2) is 11.3. The average molecular weight is 439 g/mol. The number of carboxylic acid groups (broad SMARTS) is 1. The molecule has 2 aromatic rings. The maximum absolute atomic E-state index is 13.5. The number of carboxylic acids is 1. The largest absolute Gasteiger partial charge is 0.481 e. The van der Waals surface area contributed by atoms with E-state index in [1.807, 2.05) is 95.4 Å². The Morgan fingerprint density at radius 2 is 2.00 bits per heavy atom. The molecule has 0 aliphatic heterocycles. The monoisotopic (exact) mass is 438 g/mol. The first kappa shape index (κ1) is 24.9. The summed E-state index contributed by atoms with van der Waals surface area (Å²) >= 11 is 0. The number of hydrogen-bond donors (Lipinski definition) is 1. The summed E-state index contributed by atoms with van der Waals surface area (Å²) in [5.74, 6) is -0.934. The maximum atomic E-state index is 13.5. The van der Waals surface area contributed by atoms with Crippen LogP contribution in [0.15, 0.2) is 64.7 Å². The minimum absolute atomic E-state index is 0.125. The smallest absolute Gasteiger partial charge is 0.330 e. The van der Waals surface area contributed by atoms with E-state index in [0.29, 0.717) is 24.1 Å². The number of imidazole rings is 1. The predicted molar refractivity (Wildman–Crippen MR) is 130 cm³/mol. The predicted octanol–water partition coefficient (Wildman–Crippen LogP) is 4.46. The molecule has 0 aliphatic rings. The van der Waals surface area contributed by atoms with E-state index in [1.165, 1.54) is 0 Å². The molecule has 0 spiro atoms. The zero-order valence-corrected chi connectivity index (χ0v) is 19.9. The minimum Gasteiger partial charge on any atom is -0.481 e. The minimum atomic E-state index is -0.934. The number of allylic oxidation sites excluding steroid dienone is 7. The van der Waals surface area contributed by atoms with Gasteiger partial charge in [-0.15, -0.1) is 0 Å².